The molecule has 114 valence electrons. The molecule has 0 amide bonds. The Balaban J connectivity index is 1.62. The fourth-order valence-electron chi connectivity index (χ4n) is 2.32. The lowest BCUT2D eigenvalue weighted by Gasteiger charge is -2.19. The monoisotopic (exact) mass is 296 g/mol. The number of nitrogens with zero attached hydrogens (tertiary/aromatic N) is 1. The van der Waals surface area contributed by atoms with Crippen LogP contribution in [0.25, 0.3) is 0 Å². The summed E-state index contributed by atoms with van der Waals surface area (Å²) in [6.45, 7) is 12.7. The lowest BCUT2D eigenvalue weighted by atomic mass is 10.1. The largest absolute Gasteiger partial charge is 0.375 e. The van der Waals surface area contributed by atoms with Crippen molar-refractivity contribution in [3.8, 4) is 0 Å². The van der Waals surface area contributed by atoms with E-state index in [9.17, 15) is 0 Å². The van der Waals surface area contributed by atoms with Gasteiger partial charge in [-0.1, -0.05) is 0 Å². The van der Waals surface area contributed by atoms with E-state index in [0.29, 0.717) is 0 Å². The second-order valence-electron chi connectivity index (χ2n) is 6.57. The lowest BCUT2D eigenvalue weighted by molar-refractivity contribution is 0.101. The van der Waals surface area contributed by atoms with Gasteiger partial charge in [0.05, 0.1) is 13.2 Å². The van der Waals surface area contributed by atoms with Gasteiger partial charge in [-0.05, 0) is 58.8 Å². The van der Waals surface area contributed by atoms with Crippen LogP contribution in [0.15, 0.2) is 12.1 Å². The first-order chi connectivity index (χ1) is 9.53. The number of nitrogens with one attached hydrogen (secondary N) is 1. The third kappa shape index (κ3) is 5.92. The van der Waals surface area contributed by atoms with Gasteiger partial charge in [-0.2, -0.15) is 0 Å². The normalized spacial score (nSPS) is 16.9. The molecule has 0 aromatic carbocycles. The van der Waals surface area contributed by atoms with Crippen LogP contribution < -0.4 is 5.32 Å². The van der Waals surface area contributed by atoms with Crippen LogP contribution >= 0.6 is 11.3 Å². The Kier molecular flexibility index (Phi) is 6.02. The molecule has 0 atom stereocenters. The Morgan fingerprint density at radius 3 is 2.60 bits per heavy atom. The van der Waals surface area contributed by atoms with Gasteiger partial charge in [0.1, 0.15) is 0 Å². The van der Waals surface area contributed by atoms with E-state index in [-0.39, 0.29) is 5.54 Å². The van der Waals surface area contributed by atoms with E-state index < -0.39 is 0 Å². The van der Waals surface area contributed by atoms with Gasteiger partial charge in [0.15, 0.2) is 0 Å². The molecule has 0 bridgehead atoms. The van der Waals surface area contributed by atoms with Gasteiger partial charge in [-0.15, -0.1) is 11.3 Å². The maximum atomic E-state index is 5.79. The van der Waals surface area contributed by atoms with Crippen molar-refractivity contribution in [2.24, 2.45) is 0 Å². The minimum atomic E-state index is 0.177. The van der Waals surface area contributed by atoms with Gasteiger partial charge >= 0.3 is 0 Å². The molecule has 1 N–H and O–H groups in total. The van der Waals surface area contributed by atoms with Crippen LogP contribution in [0.1, 0.15) is 43.4 Å². The fourth-order valence-corrected chi connectivity index (χ4v) is 3.22. The average molecular weight is 296 g/mol. The zero-order chi connectivity index (χ0) is 14.4. The van der Waals surface area contributed by atoms with Crippen molar-refractivity contribution in [1.82, 2.24) is 10.2 Å². The summed E-state index contributed by atoms with van der Waals surface area (Å²) in [6, 6.07) is 4.41. The van der Waals surface area contributed by atoms with E-state index in [1.807, 2.05) is 11.3 Å². The molecular weight excluding hydrogens is 268 g/mol. The molecule has 1 aliphatic rings. The molecule has 2 heterocycles. The van der Waals surface area contributed by atoms with Crippen molar-refractivity contribution in [2.45, 2.75) is 52.3 Å². The van der Waals surface area contributed by atoms with E-state index in [1.165, 1.54) is 35.7 Å². The number of likely N-dealkylation sites (tertiary alicyclic amines) is 1. The Morgan fingerprint density at radius 1 is 1.20 bits per heavy atom. The standard InChI is InChI=1S/C16H28N2OS/c1-16(2,3)17-12-14-6-7-15(20-14)13-19-11-10-18-8-4-5-9-18/h6-7,17H,4-5,8-13H2,1-3H3. The predicted molar refractivity (Wildman–Crippen MR) is 86.2 cm³/mol. The Bertz CT molecular complexity index is 391. The van der Waals surface area contributed by atoms with Crippen LogP contribution in [0.3, 0.4) is 0 Å². The Morgan fingerprint density at radius 2 is 1.90 bits per heavy atom. The van der Waals surface area contributed by atoms with E-state index in [2.05, 4.69) is 43.1 Å². The third-order valence-electron chi connectivity index (χ3n) is 3.51. The van der Waals surface area contributed by atoms with Crippen molar-refractivity contribution < 1.29 is 4.74 Å². The molecule has 1 fully saturated rings. The summed E-state index contributed by atoms with van der Waals surface area (Å²) in [5, 5.41) is 3.52. The molecule has 1 aromatic heterocycles. The van der Waals surface area contributed by atoms with Gasteiger partial charge in [-0.25, -0.2) is 0 Å². The van der Waals surface area contributed by atoms with E-state index in [1.54, 1.807) is 0 Å². The maximum absolute atomic E-state index is 5.79. The van der Waals surface area contributed by atoms with E-state index in [4.69, 9.17) is 4.74 Å². The minimum Gasteiger partial charge on any atom is -0.375 e. The van der Waals surface area contributed by atoms with E-state index >= 15 is 0 Å². The van der Waals surface area contributed by atoms with Gasteiger partial charge in [0, 0.05) is 28.4 Å². The number of hydrogen-bond acceptors (Lipinski definition) is 4. The van der Waals surface area contributed by atoms with Gasteiger partial charge in [0.25, 0.3) is 0 Å². The molecule has 20 heavy (non-hydrogen) atoms. The highest BCUT2D eigenvalue weighted by Gasteiger charge is 2.11. The molecule has 1 aliphatic heterocycles. The number of hydrogen-bond donors (Lipinski definition) is 1. The molecule has 0 unspecified atom stereocenters. The number of rotatable bonds is 7. The summed E-state index contributed by atoms with van der Waals surface area (Å²) in [4.78, 5) is 5.21. The average Bonchev–Trinajstić information content (AvgIpc) is 3.03. The van der Waals surface area contributed by atoms with Crippen LogP contribution in [-0.2, 0) is 17.9 Å². The van der Waals surface area contributed by atoms with Crippen molar-refractivity contribution >= 4 is 11.3 Å². The van der Waals surface area contributed by atoms with Crippen LogP contribution in [0, 0.1) is 0 Å². The van der Waals surface area contributed by atoms with Gasteiger partial charge < -0.3 is 15.0 Å². The molecule has 0 aliphatic carbocycles. The fraction of sp³-hybridized carbons (Fsp3) is 0.750. The highest BCUT2D eigenvalue weighted by molar-refractivity contribution is 7.11. The highest BCUT2D eigenvalue weighted by Crippen LogP contribution is 2.18. The summed E-state index contributed by atoms with van der Waals surface area (Å²) in [6.07, 6.45) is 2.71. The van der Waals surface area contributed by atoms with Crippen molar-refractivity contribution in [3.05, 3.63) is 21.9 Å². The van der Waals surface area contributed by atoms with Crippen molar-refractivity contribution in [2.75, 3.05) is 26.2 Å². The third-order valence-corrected chi connectivity index (χ3v) is 4.56. The minimum absolute atomic E-state index is 0.177. The summed E-state index contributed by atoms with van der Waals surface area (Å²) in [5.74, 6) is 0. The first-order valence-corrected chi connectivity index (χ1v) is 8.47. The maximum Gasteiger partial charge on any atom is 0.0810 e. The first-order valence-electron chi connectivity index (χ1n) is 7.66. The zero-order valence-electron chi connectivity index (χ0n) is 13.1. The van der Waals surface area contributed by atoms with Crippen LogP contribution in [0.4, 0.5) is 0 Å². The summed E-state index contributed by atoms with van der Waals surface area (Å²) in [5.41, 5.74) is 0.177. The van der Waals surface area contributed by atoms with E-state index in [0.717, 1.165) is 26.3 Å². The molecule has 1 saturated heterocycles. The quantitative estimate of drug-likeness (QED) is 0.782. The topological polar surface area (TPSA) is 24.5 Å². The molecule has 0 saturated carbocycles. The SMILES string of the molecule is CC(C)(C)NCc1ccc(COCCN2CCCC2)s1. The molecule has 0 spiro atoms. The van der Waals surface area contributed by atoms with Crippen LogP contribution in [-0.4, -0.2) is 36.7 Å². The summed E-state index contributed by atoms with van der Waals surface area (Å²) in [7, 11) is 0. The number of ether oxygens (including phenoxy) is 1. The Labute approximate surface area is 127 Å². The lowest BCUT2D eigenvalue weighted by Crippen LogP contribution is -2.34. The molecule has 1 aromatic rings. The summed E-state index contributed by atoms with van der Waals surface area (Å²) >= 11 is 1.86. The molecule has 4 heteroatoms. The zero-order valence-corrected chi connectivity index (χ0v) is 13.9. The molecule has 0 radical (unpaired) electrons. The number of thiophene rings is 1. The highest BCUT2D eigenvalue weighted by atomic mass is 32.1. The second kappa shape index (κ2) is 7.55. The van der Waals surface area contributed by atoms with Crippen LogP contribution in [0.2, 0.25) is 0 Å². The van der Waals surface area contributed by atoms with Gasteiger partial charge in [0.2, 0.25) is 0 Å². The molecule has 3 nitrogen and oxygen atoms in total. The smallest absolute Gasteiger partial charge is 0.0810 e. The van der Waals surface area contributed by atoms with Crippen LogP contribution in [0.5, 0.6) is 0 Å². The molecule has 2 rings (SSSR count). The Hall–Kier alpha value is -0.420. The van der Waals surface area contributed by atoms with Gasteiger partial charge in [-0.3, -0.25) is 0 Å². The van der Waals surface area contributed by atoms with Crippen molar-refractivity contribution in [1.29, 1.82) is 0 Å². The summed E-state index contributed by atoms with van der Waals surface area (Å²) < 4.78 is 5.79. The predicted octanol–water partition coefficient (Wildman–Crippen LogP) is 3.25. The molecular formula is C16H28N2OS. The van der Waals surface area contributed by atoms with Crippen molar-refractivity contribution in [3.63, 3.8) is 0 Å². The first kappa shape index (κ1) is 16.0. The second-order valence-corrected chi connectivity index (χ2v) is 7.83.